The summed E-state index contributed by atoms with van der Waals surface area (Å²) in [5.74, 6) is 0.0105. The average molecular weight is 199 g/mol. The second-order valence-corrected chi connectivity index (χ2v) is 3.32. The van der Waals surface area contributed by atoms with Gasteiger partial charge in [-0.25, -0.2) is 4.39 Å². The topological polar surface area (TPSA) is 55.5 Å². The van der Waals surface area contributed by atoms with Gasteiger partial charge in [0.15, 0.2) is 0 Å². The predicted molar refractivity (Wildman–Crippen MR) is 51.6 cm³/mol. The van der Waals surface area contributed by atoms with Gasteiger partial charge in [-0.3, -0.25) is 0 Å². The molecule has 14 heavy (non-hydrogen) atoms. The maximum atomic E-state index is 12.9. The van der Waals surface area contributed by atoms with Gasteiger partial charge in [-0.1, -0.05) is 0 Å². The lowest BCUT2D eigenvalue weighted by Gasteiger charge is -2.23. The largest absolute Gasteiger partial charge is 0.496 e. The lowest BCUT2D eigenvalue weighted by atomic mass is 9.95. The van der Waals surface area contributed by atoms with E-state index in [-0.39, 0.29) is 6.54 Å². The van der Waals surface area contributed by atoms with Gasteiger partial charge in [0.1, 0.15) is 17.2 Å². The standard InChI is InChI=1S/C10H14FNO2/c1-10(13,6-12)8-5-7(11)3-4-9(8)14-2/h3-5,13H,6,12H2,1-2H3/t10-/m0/s1. The molecule has 0 amide bonds. The van der Waals surface area contributed by atoms with Crippen molar-refractivity contribution in [1.29, 1.82) is 0 Å². The highest BCUT2D eigenvalue weighted by molar-refractivity contribution is 5.38. The smallest absolute Gasteiger partial charge is 0.125 e. The molecule has 0 fully saturated rings. The van der Waals surface area contributed by atoms with Crippen molar-refractivity contribution in [2.45, 2.75) is 12.5 Å². The van der Waals surface area contributed by atoms with Crippen LogP contribution in [0.15, 0.2) is 18.2 Å². The molecule has 0 saturated carbocycles. The Morgan fingerprint density at radius 2 is 2.21 bits per heavy atom. The normalized spacial score (nSPS) is 14.9. The molecule has 1 atom stereocenters. The number of benzene rings is 1. The predicted octanol–water partition coefficient (Wildman–Crippen LogP) is 1.00. The number of ether oxygens (including phenoxy) is 1. The Morgan fingerprint density at radius 3 is 2.71 bits per heavy atom. The van der Waals surface area contributed by atoms with Gasteiger partial charge < -0.3 is 15.6 Å². The zero-order chi connectivity index (χ0) is 10.8. The average Bonchev–Trinajstić information content (AvgIpc) is 2.18. The van der Waals surface area contributed by atoms with Crippen molar-refractivity contribution in [1.82, 2.24) is 0 Å². The van der Waals surface area contributed by atoms with Crippen LogP contribution >= 0.6 is 0 Å². The molecule has 0 aliphatic rings. The summed E-state index contributed by atoms with van der Waals surface area (Å²) in [5.41, 5.74) is 4.48. The Balaban J connectivity index is 3.23. The van der Waals surface area contributed by atoms with Crippen LogP contribution in [0.25, 0.3) is 0 Å². The number of rotatable bonds is 3. The van der Waals surface area contributed by atoms with Crippen molar-refractivity contribution in [3.05, 3.63) is 29.6 Å². The van der Waals surface area contributed by atoms with Crippen molar-refractivity contribution in [2.75, 3.05) is 13.7 Å². The monoisotopic (exact) mass is 199 g/mol. The Hall–Kier alpha value is -1.13. The molecular formula is C10H14FNO2. The summed E-state index contributed by atoms with van der Waals surface area (Å²) < 4.78 is 17.9. The summed E-state index contributed by atoms with van der Waals surface area (Å²) in [4.78, 5) is 0. The van der Waals surface area contributed by atoms with Crippen LogP contribution in [0.4, 0.5) is 4.39 Å². The van der Waals surface area contributed by atoms with E-state index >= 15 is 0 Å². The molecule has 3 nitrogen and oxygen atoms in total. The molecule has 0 heterocycles. The number of hydrogen-bond donors (Lipinski definition) is 2. The molecule has 3 N–H and O–H groups in total. The maximum Gasteiger partial charge on any atom is 0.125 e. The van der Waals surface area contributed by atoms with E-state index in [0.717, 1.165) is 0 Å². The van der Waals surface area contributed by atoms with Gasteiger partial charge in [0, 0.05) is 12.1 Å². The van der Waals surface area contributed by atoms with Gasteiger partial charge >= 0.3 is 0 Å². The van der Waals surface area contributed by atoms with Crippen molar-refractivity contribution < 1.29 is 14.2 Å². The van der Waals surface area contributed by atoms with Gasteiger partial charge in [-0.2, -0.15) is 0 Å². The Morgan fingerprint density at radius 1 is 1.57 bits per heavy atom. The van der Waals surface area contributed by atoms with E-state index in [9.17, 15) is 9.50 Å². The van der Waals surface area contributed by atoms with E-state index < -0.39 is 11.4 Å². The zero-order valence-corrected chi connectivity index (χ0v) is 8.25. The quantitative estimate of drug-likeness (QED) is 0.763. The second kappa shape index (κ2) is 3.94. The summed E-state index contributed by atoms with van der Waals surface area (Å²) in [6.07, 6.45) is 0. The molecule has 4 heteroatoms. The van der Waals surface area contributed by atoms with Gasteiger partial charge in [-0.15, -0.1) is 0 Å². The van der Waals surface area contributed by atoms with Crippen LogP contribution < -0.4 is 10.5 Å². The number of nitrogens with two attached hydrogens (primary N) is 1. The van der Waals surface area contributed by atoms with Gasteiger partial charge in [0.25, 0.3) is 0 Å². The number of aliphatic hydroxyl groups is 1. The second-order valence-electron chi connectivity index (χ2n) is 3.32. The minimum Gasteiger partial charge on any atom is -0.496 e. The van der Waals surface area contributed by atoms with Crippen LogP contribution in [-0.2, 0) is 5.60 Å². The van der Waals surface area contributed by atoms with Gasteiger partial charge in [0.05, 0.1) is 7.11 Å². The summed E-state index contributed by atoms with van der Waals surface area (Å²) >= 11 is 0. The lowest BCUT2D eigenvalue weighted by Crippen LogP contribution is -2.31. The van der Waals surface area contributed by atoms with Crippen molar-refractivity contribution in [3.8, 4) is 5.75 Å². The first-order valence-electron chi connectivity index (χ1n) is 4.27. The van der Waals surface area contributed by atoms with Crippen LogP contribution in [0.5, 0.6) is 5.75 Å². The van der Waals surface area contributed by atoms with Crippen LogP contribution in [0.3, 0.4) is 0 Å². The molecule has 0 aromatic heterocycles. The SMILES string of the molecule is COc1ccc(F)cc1[C@@](C)(O)CN. The van der Waals surface area contributed by atoms with Gasteiger partial charge in [-0.05, 0) is 25.1 Å². The molecule has 1 aromatic rings. The van der Waals surface area contributed by atoms with Crippen LogP contribution in [0, 0.1) is 5.82 Å². The molecule has 0 saturated heterocycles. The molecule has 0 aliphatic heterocycles. The fourth-order valence-corrected chi connectivity index (χ4v) is 1.21. The first-order valence-corrected chi connectivity index (χ1v) is 4.27. The number of methoxy groups -OCH3 is 1. The summed E-state index contributed by atoms with van der Waals surface area (Å²) in [7, 11) is 1.46. The zero-order valence-electron chi connectivity index (χ0n) is 8.25. The highest BCUT2D eigenvalue weighted by atomic mass is 19.1. The molecule has 0 unspecified atom stereocenters. The summed E-state index contributed by atoms with van der Waals surface area (Å²) in [6.45, 7) is 1.52. The van der Waals surface area contributed by atoms with E-state index in [2.05, 4.69) is 0 Å². The van der Waals surface area contributed by atoms with Crippen molar-refractivity contribution >= 4 is 0 Å². The third-order valence-corrected chi connectivity index (χ3v) is 2.14. The molecular weight excluding hydrogens is 185 g/mol. The van der Waals surface area contributed by atoms with E-state index in [4.69, 9.17) is 10.5 Å². The third-order valence-electron chi connectivity index (χ3n) is 2.14. The van der Waals surface area contributed by atoms with Gasteiger partial charge in [0.2, 0.25) is 0 Å². The fourth-order valence-electron chi connectivity index (χ4n) is 1.21. The van der Waals surface area contributed by atoms with Crippen molar-refractivity contribution in [3.63, 3.8) is 0 Å². The number of halogens is 1. The Kier molecular flexibility index (Phi) is 3.08. The van der Waals surface area contributed by atoms with E-state index in [1.54, 1.807) is 0 Å². The Bertz CT molecular complexity index is 326. The van der Waals surface area contributed by atoms with Crippen LogP contribution in [0.1, 0.15) is 12.5 Å². The van der Waals surface area contributed by atoms with Crippen LogP contribution in [-0.4, -0.2) is 18.8 Å². The van der Waals surface area contributed by atoms with Crippen LogP contribution in [0.2, 0.25) is 0 Å². The first-order chi connectivity index (χ1) is 6.51. The molecule has 0 bridgehead atoms. The summed E-state index contributed by atoms with van der Waals surface area (Å²) in [6, 6.07) is 3.97. The summed E-state index contributed by atoms with van der Waals surface area (Å²) in [5, 5.41) is 9.86. The highest BCUT2D eigenvalue weighted by Crippen LogP contribution is 2.29. The minimum atomic E-state index is -1.27. The van der Waals surface area contributed by atoms with Crippen molar-refractivity contribution in [2.24, 2.45) is 5.73 Å². The minimum absolute atomic E-state index is 0.00676. The first kappa shape index (κ1) is 10.9. The maximum absolute atomic E-state index is 12.9. The molecule has 0 spiro atoms. The molecule has 0 radical (unpaired) electrons. The van der Waals surface area contributed by atoms with E-state index in [0.29, 0.717) is 11.3 Å². The molecule has 0 aliphatic carbocycles. The Labute approximate surface area is 82.3 Å². The third kappa shape index (κ3) is 2.02. The molecule has 78 valence electrons. The lowest BCUT2D eigenvalue weighted by molar-refractivity contribution is 0.0637. The van der Waals surface area contributed by atoms with E-state index in [1.165, 1.54) is 32.2 Å². The van der Waals surface area contributed by atoms with E-state index in [1.807, 2.05) is 0 Å². The highest BCUT2D eigenvalue weighted by Gasteiger charge is 2.25. The number of hydrogen-bond acceptors (Lipinski definition) is 3. The fraction of sp³-hybridized carbons (Fsp3) is 0.400. The molecule has 1 aromatic carbocycles. The molecule has 1 rings (SSSR count).